The number of carbonyl (C=O) groups excluding carboxylic acids is 2. The van der Waals surface area contributed by atoms with Crippen LogP contribution in [0.4, 0.5) is 5.82 Å². The van der Waals surface area contributed by atoms with Crippen LogP contribution in [-0.4, -0.2) is 69.3 Å². The number of amides is 2. The first-order valence-corrected chi connectivity index (χ1v) is 11.4. The van der Waals surface area contributed by atoms with Crippen molar-refractivity contribution in [1.29, 1.82) is 0 Å². The maximum Gasteiger partial charge on any atom is 0.239 e. The lowest BCUT2D eigenvalue weighted by atomic mass is 10.1. The van der Waals surface area contributed by atoms with Gasteiger partial charge in [-0.25, -0.2) is 15.0 Å². The van der Waals surface area contributed by atoms with Crippen LogP contribution in [0.15, 0.2) is 34.2 Å². The second-order valence-corrected chi connectivity index (χ2v) is 8.91. The molecule has 168 valence electrons. The largest absolute Gasteiger partial charge is 0.458 e. The van der Waals surface area contributed by atoms with E-state index in [2.05, 4.69) is 20.3 Å². The van der Waals surface area contributed by atoms with Crippen LogP contribution in [0.3, 0.4) is 0 Å². The predicted molar refractivity (Wildman–Crippen MR) is 122 cm³/mol. The van der Waals surface area contributed by atoms with Crippen LogP contribution in [0.2, 0.25) is 0 Å². The van der Waals surface area contributed by atoms with Crippen LogP contribution in [-0.2, 0) is 9.59 Å². The van der Waals surface area contributed by atoms with E-state index < -0.39 is 0 Å². The maximum absolute atomic E-state index is 12.7. The summed E-state index contributed by atoms with van der Waals surface area (Å²) in [4.78, 5) is 42.1. The molecule has 1 saturated heterocycles. The molecule has 0 aromatic carbocycles. The number of anilines is 1. The van der Waals surface area contributed by atoms with E-state index in [4.69, 9.17) is 4.42 Å². The van der Waals surface area contributed by atoms with Gasteiger partial charge in [-0.2, -0.15) is 0 Å². The molecule has 10 heteroatoms. The second-order valence-electron chi connectivity index (χ2n) is 8.01. The summed E-state index contributed by atoms with van der Waals surface area (Å²) in [6.07, 6.45) is 1.71. The lowest BCUT2D eigenvalue weighted by Crippen LogP contribution is -2.51. The Labute approximate surface area is 190 Å². The van der Waals surface area contributed by atoms with E-state index in [9.17, 15) is 9.59 Å². The molecular formula is C22H26N6O3S. The number of furan rings is 1. The van der Waals surface area contributed by atoms with Gasteiger partial charge in [0, 0.05) is 49.7 Å². The zero-order valence-corrected chi connectivity index (χ0v) is 19.2. The van der Waals surface area contributed by atoms with E-state index in [-0.39, 0.29) is 24.3 Å². The molecule has 4 heterocycles. The Morgan fingerprint density at radius 2 is 1.97 bits per heavy atom. The molecule has 0 unspecified atom stereocenters. The fraction of sp³-hybridized carbons (Fsp3) is 0.409. The minimum Gasteiger partial charge on any atom is -0.458 e. The number of hydrogen-bond donors (Lipinski definition) is 1. The molecule has 32 heavy (non-hydrogen) atoms. The zero-order valence-electron chi connectivity index (χ0n) is 18.4. The first kappa shape index (κ1) is 22.1. The molecule has 0 radical (unpaired) electrons. The van der Waals surface area contributed by atoms with E-state index in [0.717, 1.165) is 10.8 Å². The van der Waals surface area contributed by atoms with Crippen molar-refractivity contribution in [3.8, 4) is 22.3 Å². The van der Waals surface area contributed by atoms with Crippen molar-refractivity contribution in [3.05, 3.63) is 35.5 Å². The minimum atomic E-state index is -0.168. The van der Waals surface area contributed by atoms with Crippen LogP contribution >= 0.6 is 11.3 Å². The third-order valence-corrected chi connectivity index (χ3v) is 5.95. The number of hydrogen-bond acceptors (Lipinski definition) is 8. The summed E-state index contributed by atoms with van der Waals surface area (Å²) in [6.45, 7) is 8.49. The Kier molecular flexibility index (Phi) is 6.61. The zero-order chi connectivity index (χ0) is 22.7. The maximum atomic E-state index is 12.7. The van der Waals surface area contributed by atoms with E-state index >= 15 is 0 Å². The first-order valence-electron chi connectivity index (χ1n) is 10.6. The first-order chi connectivity index (χ1) is 15.4. The summed E-state index contributed by atoms with van der Waals surface area (Å²) >= 11 is 1.46. The van der Waals surface area contributed by atoms with Gasteiger partial charge in [-0.3, -0.25) is 14.5 Å². The third kappa shape index (κ3) is 5.20. The van der Waals surface area contributed by atoms with Crippen molar-refractivity contribution in [2.24, 2.45) is 5.92 Å². The number of thiazole rings is 1. The topological polar surface area (TPSA) is 104 Å². The Bertz CT molecular complexity index is 1090. The average Bonchev–Trinajstić information content (AvgIpc) is 3.45. The van der Waals surface area contributed by atoms with Gasteiger partial charge < -0.3 is 14.6 Å². The van der Waals surface area contributed by atoms with Gasteiger partial charge in [0.15, 0.2) is 11.6 Å². The van der Waals surface area contributed by atoms with Crippen LogP contribution in [0.5, 0.6) is 0 Å². The lowest BCUT2D eigenvalue weighted by molar-refractivity contribution is -0.136. The van der Waals surface area contributed by atoms with Gasteiger partial charge in [0.2, 0.25) is 11.8 Å². The average molecular weight is 455 g/mol. The summed E-state index contributed by atoms with van der Waals surface area (Å²) in [5.74, 6) is 2.05. The molecule has 1 aliphatic rings. The van der Waals surface area contributed by atoms with E-state index in [0.29, 0.717) is 49.3 Å². The summed E-state index contributed by atoms with van der Waals surface area (Å²) in [5, 5.41) is 5.49. The van der Waals surface area contributed by atoms with Gasteiger partial charge in [-0.05, 0) is 19.1 Å². The summed E-state index contributed by atoms with van der Waals surface area (Å²) in [6, 6.07) is 5.37. The number of piperazine rings is 1. The highest BCUT2D eigenvalue weighted by atomic mass is 32.1. The predicted octanol–water partition coefficient (Wildman–Crippen LogP) is 2.91. The molecule has 4 rings (SSSR count). The second kappa shape index (κ2) is 9.58. The standard InChI is InChI=1S/C22H26N6O3S/c1-14(2)22(30)28-9-7-27(8-10-28)13-19(29)25-18-12-16(21-23-6-11-32-21)24-20(26-18)17-5-4-15(3)31-17/h4-6,11-12,14H,7-10,13H2,1-3H3,(H,24,25,26,29). The summed E-state index contributed by atoms with van der Waals surface area (Å²) in [5.41, 5.74) is 0.621. The number of nitrogens with one attached hydrogen (secondary N) is 1. The SMILES string of the molecule is Cc1ccc(-c2nc(NC(=O)CN3CCN(C(=O)C(C)C)CC3)cc(-c3nccs3)n2)o1. The van der Waals surface area contributed by atoms with Crippen molar-refractivity contribution >= 4 is 29.0 Å². The van der Waals surface area contributed by atoms with E-state index in [1.165, 1.54) is 11.3 Å². The Morgan fingerprint density at radius 1 is 1.19 bits per heavy atom. The molecule has 0 spiro atoms. The van der Waals surface area contributed by atoms with Crippen molar-refractivity contribution in [3.63, 3.8) is 0 Å². The van der Waals surface area contributed by atoms with Crippen LogP contribution in [0, 0.1) is 12.8 Å². The number of nitrogens with zero attached hydrogens (tertiary/aromatic N) is 5. The number of aromatic nitrogens is 3. The molecule has 3 aromatic heterocycles. The van der Waals surface area contributed by atoms with Crippen molar-refractivity contribution in [1.82, 2.24) is 24.8 Å². The third-order valence-electron chi connectivity index (χ3n) is 5.15. The number of aryl methyl sites for hydroxylation is 1. The lowest BCUT2D eigenvalue weighted by Gasteiger charge is -2.35. The molecule has 1 N–H and O–H groups in total. The molecule has 2 amide bonds. The molecule has 9 nitrogen and oxygen atoms in total. The Morgan fingerprint density at radius 3 is 2.59 bits per heavy atom. The van der Waals surface area contributed by atoms with Gasteiger partial charge in [0.05, 0.1) is 6.54 Å². The van der Waals surface area contributed by atoms with E-state index in [1.54, 1.807) is 18.3 Å². The Balaban J connectivity index is 1.45. The fourth-order valence-electron chi connectivity index (χ4n) is 3.51. The van der Waals surface area contributed by atoms with Crippen LogP contribution in [0.25, 0.3) is 22.3 Å². The number of carbonyl (C=O) groups is 2. The highest BCUT2D eigenvalue weighted by Crippen LogP contribution is 2.26. The van der Waals surface area contributed by atoms with Gasteiger partial charge in [-0.15, -0.1) is 11.3 Å². The molecule has 1 aliphatic heterocycles. The van der Waals surface area contributed by atoms with Gasteiger partial charge in [0.1, 0.15) is 22.3 Å². The molecular weight excluding hydrogens is 428 g/mol. The van der Waals surface area contributed by atoms with Crippen LogP contribution in [0.1, 0.15) is 19.6 Å². The highest BCUT2D eigenvalue weighted by molar-refractivity contribution is 7.13. The minimum absolute atomic E-state index is 0.0122. The smallest absolute Gasteiger partial charge is 0.239 e. The Hall–Kier alpha value is -3.11. The highest BCUT2D eigenvalue weighted by Gasteiger charge is 2.24. The summed E-state index contributed by atoms with van der Waals surface area (Å²) in [7, 11) is 0. The number of rotatable bonds is 6. The quantitative estimate of drug-likeness (QED) is 0.611. The van der Waals surface area contributed by atoms with Gasteiger partial charge >= 0.3 is 0 Å². The molecule has 0 bridgehead atoms. The normalized spacial score (nSPS) is 14.7. The summed E-state index contributed by atoms with van der Waals surface area (Å²) < 4.78 is 5.67. The molecule has 1 fully saturated rings. The van der Waals surface area contributed by atoms with Crippen molar-refractivity contribution < 1.29 is 14.0 Å². The van der Waals surface area contributed by atoms with Crippen molar-refractivity contribution in [2.45, 2.75) is 20.8 Å². The molecule has 0 aliphatic carbocycles. The molecule has 0 atom stereocenters. The van der Waals surface area contributed by atoms with E-state index in [1.807, 2.05) is 42.0 Å². The molecule has 3 aromatic rings. The van der Waals surface area contributed by atoms with Crippen LogP contribution < -0.4 is 5.32 Å². The molecule has 0 saturated carbocycles. The van der Waals surface area contributed by atoms with Gasteiger partial charge in [-0.1, -0.05) is 13.8 Å². The fourth-order valence-corrected chi connectivity index (χ4v) is 4.11. The van der Waals surface area contributed by atoms with Gasteiger partial charge in [0.25, 0.3) is 0 Å². The monoisotopic (exact) mass is 454 g/mol. The van der Waals surface area contributed by atoms with Crippen molar-refractivity contribution in [2.75, 3.05) is 38.0 Å².